The molecule has 0 fully saturated rings. The van der Waals surface area contributed by atoms with Crippen LogP contribution in [0.2, 0.25) is 0 Å². The summed E-state index contributed by atoms with van der Waals surface area (Å²) in [4.78, 5) is 11.5. The van der Waals surface area contributed by atoms with Crippen LogP contribution in [0.1, 0.15) is 69.1 Å². The van der Waals surface area contributed by atoms with Crippen molar-refractivity contribution in [2.45, 2.75) is 58.4 Å². The van der Waals surface area contributed by atoms with Crippen LogP contribution in [0.4, 0.5) is 0 Å². The van der Waals surface area contributed by atoms with E-state index in [1.807, 2.05) is 38.1 Å². The van der Waals surface area contributed by atoms with E-state index in [1.54, 1.807) is 0 Å². The van der Waals surface area contributed by atoms with Crippen LogP contribution < -0.4 is 4.74 Å². The Balaban J connectivity index is 2.42. The van der Waals surface area contributed by atoms with Gasteiger partial charge >= 0.3 is 0 Å². The first-order chi connectivity index (χ1) is 12.5. The van der Waals surface area contributed by atoms with Crippen molar-refractivity contribution < 1.29 is 9.66 Å². The molecule has 0 aliphatic carbocycles. The molecule has 140 valence electrons. The monoisotopic (exact) mass is 355 g/mol. The Morgan fingerprint density at radius 2 is 1.38 bits per heavy atom. The molecular formula is C22H29NO3. The molecule has 0 bridgehead atoms. The lowest BCUT2D eigenvalue weighted by molar-refractivity contribution is -0.525. The quantitative estimate of drug-likeness (QED) is 0.423. The molecule has 3 unspecified atom stereocenters. The first-order valence-corrected chi connectivity index (χ1v) is 9.47. The van der Waals surface area contributed by atoms with Crippen LogP contribution in [0.15, 0.2) is 48.5 Å². The zero-order valence-corrected chi connectivity index (χ0v) is 16.1. The third kappa shape index (κ3) is 4.63. The predicted octanol–water partition coefficient (Wildman–Crippen LogP) is 5.79. The molecule has 0 radical (unpaired) electrons. The molecule has 2 rings (SSSR count). The second kappa shape index (κ2) is 9.37. The molecule has 0 aliphatic heterocycles. The van der Waals surface area contributed by atoms with Gasteiger partial charge in [0.15, 0.2) is 0 Å². The van der Waals surface area contributed by atoms with Crippen LogP contribution in [0, 0.1) is 10.1 Å². The molecule has 26 heavy (non-hydrogen) atoms. The van der Waals surface area contributed by atoms with Gasteiger partial charge in [0.25, 0.3) is 0 Å². The van der Waals surface area contributed by atoms with Gasteiger partial charge in [-0.2, -0.15) is 0 Å². The summed E-state index contributed by atoms with van der Waals surface area (Å²) in [5.74, 6) is 1.01. The van der Waals surface area contributed by atoms with E-state index in [-0.39, 0.29) is 10.8 Å². The molecule has 0 aliphatic rings. The molecule has 0 amide bonds. The lowest BCUT2D eigenvalue weighted by Gasteiger charge is -2.22. The maximum absolute atomic E-state index is 11.7. The highest BCUT2D eigenvalue weighted by Gasteiger charge is 2.32. The van der Waals surface area contributed by atoms with Gasteiger partial charge in [-0.25, -0.2) is 0 Å². The summed E-state index contributed by atoms with van der Waals surface area (Å²) in [6.07, 6.45) is 1.56. The summed E-state index contributed by atoms with van der Waals surface area (Å²) >= 11 is 0. The van der Waals surface area contributed by atoms with Crippen LogP contribution in [-0.4, -0.2) is 17.6 Å². The van der Waals surface area contributed by atoms with E-state index >= 15 is 0 Å². The number of nitrogens with zero attached hydrogens (tertiary/aromatic N) is 1. The van der Waals surface area contributed by atoms with Gasteiger partial charge in [-0.05, 0) is 48.1 Å². The number of nitro groups is 1. The Bertz CT molecular complexity index is 694. The van der Waals surface area contributed by atoms with E-state index < -0.39 is 6.04 Å². The lowest BCUT2D eigenvalue weighted by atomic mass is 9.83. The molecule has 4 nitrogen and oxygen atoms in total. The van der Waals surface area contributed by atoms with E-state index in [0.717, 1.165) is 23.3 Å². The summed E-state index contributed by atoms with van der Waals surface area (Å²) in [6.45, 7) is 8.79. The van der Waals surface area contributed by atoms with E-state index in [9.17, 15) is 10.1 Å². The van der Waals surface area contributed by atoms with Gasteiger partial charge in [-0.3, -0.25) is 10.1 Å². The van der Waals surface area contributed by atoms with Crippen molar-refractivity contribution in [1.29, 1.82) is 0 Å². The first kappa shape index (κ1) is 20.0. The molecule has 3 atom stereocenters. The normalized spacial score (nSPS) is 14.5. The zero-order valence-electron chi connectivity index (χ0n) is 16.1. The Labute approximate surface area is 156 Å². The van der Waals surface area contributed by atoms with Gasteiger partial charge in [0.2, 0.25) is 6.04 Å². The molecule has 0 aromatic heterocycles. The fourth-order valence-corrected chi connectivity index (χ4v) is 3.35. The number of benzene rings is 2. The molecule has 2 aromatic rings. The topological polar surface area (TPSA) is 52.4 Å². The summed E-state index contributed by atoms with van der Waals surface area (Å²) < 4.78 is 5.50. The number of rotatable bonds is 9. The summed E-state index contributed by atoms with van der Waals surface area (Å²) in [7, 11) is 0. The number of ether oxygens (including phenoxy) is 1. The minimum Gasteiger partial charge on any atom is -0.494 e. The van der Waals surface area contributed by atoms with Gasteiger partial charge in [0.1, 0.15) is 5.75 Å². The summed E-state index contributed by atoms with van der Waals surface area (Å²) in [5.41, 5.74) is 3.22. The minimum absolute atomic E-state index is 0.149. The smallest absolute Gasteiger partial charge is 0.223 e. The van der Waals surface area contributed by atoms with Crippen molar-refractivity contribution in [2.75, 3.05) is 6.61 Å². The summed E-state index contributed by atoms with van der Waals surface area (Å²) in [5, 5.41) is 11.7. The SMILES string of the molecule is CCOc1ccc(C(c2ccc(C(C)CC)cc2)C(CC)[N+](=O)[O-])cc1. The van der Waals surface area contributed by atoms with Gasteiger partial charge in [0, 0.05) is 11.3 Å². The second-order valence-electron chi connectivity index (χ2n) is 6.72. The maximum atomic E-state index is 11.7. The molecule has 4 heteroatoms. The van der Waals surface area contributed by atoms with Crippen molar-refractivity contribution in [3.63, 3.8) is 0 Å². The second-order valence-corrected chi connectivity index (χ2v) is 6.72. The van der Waals surface area contributed by atoms with Crippen LogP contribution in [0.5, 0.6) is 5.75 Å². The number of hydrogen-bond donors (Lipinski definition) is 0. The van der Waals surface area contributed by atoms with E-state index in [1.165, 1.54) is 5.56 Å². The Morgan fingerprint density at radius 1 is 0.885 bits per heavy atom. The Morgan fingerprint density at radius 3 is 1.81 bits per heavy atom. The molecule has 0 saturated heterocycles. The third-order valence-corrected chi connectivity index (χ3v) is 5.10. The highest BCUT2D eigenvalue weighted by molar-refractivity contribution is 5.38. The van der Waals surface area contributed by atoms with Crippen LogP contribution in [0.25, 0.3) is 0 Å². The molecule has 0 N–H and O–H groups in total. The molecule has 0 spiro atoms. The standard InChI is InChI=1S/C22H29NO3/c1-5-16(4)17-8-10-18(11-9-17)22(21(6-2)23(24)25)19-12-14-20(15-13-19)26-7-3/h8-16,21-22H,5-7H2,1-4H3. The van der Waals surface area contributed by atoms with Crippen molar-refractivity contribution in [1.82, 2.24) is 0 Å². The van der Waals surface area contributed by atoms with Crippen LogP contribution in [-0.2, 0) is 0 Å². The minimum atomic E-state index is -0.651. The van der Waals surface area contributed by atoms with Crippen LogP contribution in [0.3, 0.4) is 0 Å². The van der Waals surface area contributed by atoms with Gasteiger partial charge < -0.3 is 4.74 Å². The largest absolute Gasteiger partial charge is 0.494 e. The highest BCUT2D eigenvalue weighted by Crippen LogP contribution is 2.33. The Hall–Kier alpha value is -2.36. The van der Waals surface area contributed by atoms with Crippen LogP contribution >= 0.6 is 0 Å². The first-order valence-electron chi connectivity index (χ1n) is 9.47. The maximum Gasteiger partial charge on any atom is 0.223 e. The fourth-order valence-electron chi connectivity index (χ4n) is 3.35. The summed E-state index contributed by atoms with van der Waals surface area (Å²) in [6, 6.07) is 15.4. The van der Waals surface area contributed by atoms with Gasteiger partial charge in [0.05, 0.1) is 12.5 Å². The zero-order chi connectivity index (χ0) is 19.1. The average molecular weight is 355 g/mol. The average Bonchev–Trinajstić information content (AvgIpc) is 2.66. The molecular weight excluding hydrogens is 326 g/mol. The number of hydrogen-bond acceptors (Lipinski definition) is 3. The van der Waals surface area contributed by atoms with E-state index in [2.05, 4.69) is 38.1 Å². The van der Waals surface area contributed by atoms with E-state index in [4.69, 9.17) is 4.74 Å². The third-order valence-electron chi connectivity index (χ3n) is 5.10. The van der Waals surface area contributed by atoms with E-state index in [0.29, 0.717) is 18.9 Å². The van der Waals surface area contributed by atoms with Crippen molar-refractivity contribution >= 4 is 0 Å². The fraction of sp³-hybridized carbons (Fsp3) is 0.455. The van der Waals surface area contributed by atoms with Crippen molar-refractivity contribution in [3.05, 3.63) is 75.3 Å². The molecule has 0 heterocycles. The lowest BCUT2D eigenvalue weighted by Crippen LogP contribution is -2.27. The van der Waals surface area contributed by atoms with Crippen molar-refractivity contribution in [3.8, 4) is 5.75 Å². The molecule has 2 aromatic carbocycles. The Kier molecular flexibility index (Phi) is 7.19. The van der Waals surface area contributed by atoms with Gasteiger partial charge in [-0.15, -0.1) is 0 Å². The highest BCUT2D eigenvalue weighted by atomic mass is 16.6. The predicted molar refractivity (Wildman–Crippen MR) is 106 cm³/mol. The van der Waals surface area contributed by atoms with Crippen molar-refractivity contribution in [2.24, 2.45) is 0 Å². The van der Waals surface area contributed by atoms with Gasteiger partial charge in [-0.1, -0.05) is 57.2 Å². The molecule has 0 saturated carbocycles.